The topological polar surface area (TPSA) is 170 Å². The monoisotopic (exact) mass is 664 g/mol. The number of carbonyl (C=O) groups excluding carboxylic acids is 2. The lowest BCUT2D eigenvalue weighted by Crippen LogP contribution is -2.54. The normalized spacial score (nSPS) is 18.3. The van der Waals surface area contributed by atoms with Crippen molar-refractivity contribution in [2.45, 2.75) is 32.6 Å². The second-order valence-electron chi connectivity index (χ2n) is 9.62. The summed E-state index contributed by atoms with van der Waals surface area (Å²) < 4.78 is 96.0. The van der Waals surface area contributed by atoms with Crippen molar-refractivity contribution in [3.63, 3.8) is 0 Å². The van der Waals surface area contributed by atoms with Crippen LogP contribution in [0.1, 0.15) is 32.8 Å². The molecule has 0 amide bonds. The molecule has 1 aromatic rings. The number of nitrogens with zero attached hydrogens (tertiary/aromatic N) is 1. The van der Waals surface area contributed by atoms with E-state index in [0.29, 0.717) is 6.54 Å². The molecule has 0 saturated heterocycles. The van der Waals surface area contributed by atoms with Gasteiger partial charge in [-0.2, -0.15) is 0 Å². The number of nitrogens with one attached hydrogen (secondary N) is 1. The van der Waals surface area contributed by atoms with Gasteiger partial charge < -0.3 is 34.5 Å². The smallest absolute Gasteiger partial charge is 0.337 e. The molecular weight excluding hydrogens is 631 g/mol. The number of carboxylic acid groups (broad SMARTS) is 2. The fourth-order valence-corrected chi connectivity index (χ4v) is 5.02. The fourth-order valence-electron chi connectivity index (χ4n) is 5.02. The Morgan fingerprint density at radius 1 is 0.913 bits per heavy atom. The van der Waals surface area contributed by atoms with Gasteiger partial charge in [0.25, 0.3) is 0 Å². The van der Waals surface area contributed by atoms with Crippen LogP contribution in [0.25, 0.3) is 0 Å². The van der Waals surface area contributed by atoms with E-state index in [-0.39, 0.29) is 25.9 Å². The number of ether oxygens (including phenoxy) is 4. The summed E-state index contributed by atoms with van der Waals surface area (Å²) in [5, 5.41) is 22.9. The van der Waals surface area contributed by atoms with E-state index in [1.54, 1.807) is 0 Å². The summed E-state index contributed by atoms with van der Waals surface area (Å²) in [5.41, 5.74) is -9.78. The number of benzene rings is 1. The van der Waals surface area contributed by atoms with Gasteiger partial charge in [-0.25, -0.2) is 36.3 Å². The molecule has 1 heterocycles. The highest BCUT2D eigenvalue weighted by Gasteiger charge is 2.62. The summed E-state index contributed by atoms with van der Waals surface area (Å²) in [6, 6.07) is 0. The highest BCUT2D eigenvalue weighted by molar-refractivity contribution is 6.13. The van der Waals surface area contributed by atoms with Gasteiger partial charge in [0.2, 0.25) is 5.82 Å². The minimum atomic E-state index is -3.63. The molecule has 1 aliphatic heterocycles. The molecule has 2 atom stereocenters. The first-order chi connectivity index (χ1) is 21.7. The second-order valence-corrected chi connectivity index (χ2v) is 9.62. The van der Waals surface area contributed by atoms with Gasteiger partial charge in [-0.3, -0.25) is 9.79 Å². The Morgan fingerprint density at radius 2 is 1.50 bits per heavy atom. The van der Waals surface area contributed by atoms with Crippen LogP contribution in [0.2, 0.25) is 0 Å². The summed E-state index contributed by atoms with van der Waals surface area (Å²) >= 11 is 0. The van der Waals surface area contributed by atoms with E-state index < -0.39 is 106 Å². The predicted molar refractivity (Wildman–Crippen MR) is 148 cm³/mol. The number of carbonyl (C=O) groups is 4. The Bertz CT molecular complexity index is 1420. The van der Waals surface area contributed by atoms with Gasteiger partial charge in [0, 0.05) is 23.9 Å². The predicted octanol–water partition coefficient (Wildman–Crippen LogP) is 2.83. The van der Waals surface area contributed by atoms with Gasteiger partial charge in [0.1, 0.15) is 5.92 Å². The molecule has 0 aliphatic carbocycles. The Balaban J connectivity index is 3.04. The van der Waals surface area contributed by atoms with E-state index in [0.717, 1.165) is 27.0 Å². The van der Waals surface area contributed by atoms with E-state index in [1.807, 2.05) is 6.92 Å². The molecular formula is C29H33F5N2O10. The van der Waals surface area contributed by atoms with Crippen LogP contribution in [0.3, 0.4) is 0 Å². The molecule has 1 aliphatic rings. The molecule has 0 saturated carbocycles. The van der Waals surface area contributed by atoms with E-state index in [2.05, 4.69) is 10.3 Å². The number of hydrogen-bond donors (Lipinski definition) is 3. The molecule has 0 fully saturated rings. The molecule has 254 valence electrons. The minimum absolute atomic E-state index is 0.0224. The van der Waals surface area contributed by atoms with Crippen LogP contribution in [-0.2, 0) is 43.5 Å². The summed E-state index contributed by atoms with van der Waals surface area (Å²) in [4.78, 5) is 55.7. The first kappa shape index (κ1) is 38.0. The van der Waals surface area contributed by atoms with Crippen LogP contribution < -0.4 is 5.32 Å². The van der Waals surface area contributed by atoms with Gasteiger partial charge >= 0.3 is 23.9 Å². The molecule has 12 nitrogen and oxygen atoms in total. The highest BCUT2D eigenvalue weighted by Crippen LogP contribution is 2.53. The van der Waals surface area contributed by atoms with E-state index in [9.17, 15) is 42.6 Å². The van der Waals surface area contributed by atoms with Crippen molar-refractivity contribution in [2.24, 2.45) is 10.9 Å². The Labute approximate surface area is 259 Å². The zero-order valence-electron chi connectivity index (χ0n) is 25.3. The van der Waals surface area contributed by atoms with Crippen molar-refractivity contribution in [1.29, 1.82) is 0 Å². The summed E-state index contributed by atoms with van der Waals surface area (Å²) in [6.45, 7) is 4.31. The number of hydrogen-bond acceptors (Lipinski definition) is 10. The lowest BCUT2D eigenvalue weighted by Gasteiger charge is -2.44. The van der Waals surface area contributed by atoms with Gasteiger partial charge in [-0.05, 0) is 26.8 Å². The molecule has 0 aromatic heterocycles. The summed E-state index contributed by atoms with van der Waals surface area (Å²) in [7, 11) is 0.740. The third-order valence-corrected chi connectivity index (χ3v) is 6.75. The van der Waals surface area contributed by atoms with Gasteiger partial charge in [-0.15, -0.1) is 0 Å². The molecule has 0 radical (unpaired) electrons. The first-order valence-electron chi connectivity index (χ1n) is 13.8. The van der Waals surface area contributed by atoms with Crippen LogP contribution >= 0.6 is 0 Å². The van der Waals surface area contributed by atoms with Crippen LogP contribution in [0.4, 0.5) is 22.0 Å². The Hall–Kier alpha value is -4.22. The Morgan fingerprint density at radius 3 is 2.02 bits per heavy atom. The molecule has 0 bridgehead atoms. The van der Waals surface area contributed by atoms with Gasteiger partial charge in [0.15, 0.2) is 23.3 Å². The second kappa shape index (κ2) is 16.9. The van der Waals surface area contributed by atoms with Crippen LogP contribution in [-0.4, -0.2) is 93.0 Å². The zero-order chi connectivity index (χ0) is 34.8. The maximum Gasteiger partial charge on any atom is 0.337 e. The van der Waals surface area contributed by atoms with E-state index in [1.165, 1.54) is 6.92 Å². The van der Waals surface area contributed by atoms with Crippen molar-refractivity contribution >= 4 is 29.6 Å². The minimum Gasteiger partial charge on any atom is -0.478 e. The lowest BCUT2D eigenvalue weighted by molar-refractivity contribution is -0.146. The number of methoxy groups -OCH3 is 1. The van der Waals surface area contributed by atoms with Crippen molar-refractivity contribution < 1.29 is 70.3 Å². The van der Waals surface area contributed by atoms with Crippen LogP contribution in [0, 0.1) is 35.0 Å². The Kier molecular flexibility index (Phi) is 14.0. The standard InChI is InChI=1S/C29H33F5N2O10/c1-5-7-35-8-9-44-10-11-45-13-16-19(28(42)46-6-2)29(15(26(39)40)12-17(37)38,18(14(3)36-16)27(41)43-4)20-21(30)23(32)25(34)24(33)22(20)31/h12,18,35H,5-11,13H2,1-4H3,(H,37,38)(H,39,40). The maximum absolute atomic E-state index is 15.8. The van der Waals surface area contributed by atoms with Gasteiger partial charge in [-0.1, -0.05) is 6.92 Å². The van der Waals surface area contributed by atoms with Crippen molar-refractivity contribution in [2.75, 3.05) is 53.2 Å². The molecule has 46 heavy (non-hydrogen) atoms. The SMILES string of the molecule is CCCNCCOCCOCC1=C(C(=O)OCC)C(C(=CC(=O)O)C(=O)O)(c2c(F)c(F)c(F)c(F)c2F)C(C(=O)OC)C(C)=N1. The summed E-state index contributed by atoms with van der Waals surface area (Å²) in [6.07, 6.45) is 0.753. The zero-order valence-corrected chi connectivity index (χ0v) is 25.3. The fraction of sp³-hybridized carbons (Fsp3) is 0.483. The molecule has 17 heteroatoms. The highest BCUT2D eigenvalue weighted by atomic mass is 19.2. The number of halogens is 5. The molecule has 2 rings (SSSR count). The van der Waals surface area contributed by atoms with Crippen LogP contribution in [0.5, 0.6) is 0 Å². The van der Waals surface area contributed by atoms with Crippen molar-refractivity contribution in [3.05, 3.63) is 57.6 Å². The molecule has 3 N–H and O–H groups in total. The average Bonchev–Trinajstić information content (AvgIpc) is 3.00. The van der Waals surface area contributed by atoms with E-state index in [4.69, 9.17) is 18.9 Å². The quantitative estimate of drug-likeness (QED) is 0.0559. The van der Waals surface area contributed by atoms with Crippen LogP contribution in [0.15, 0.2) is 27.9 Å². The number of esters is 2. The number of aliphatic carboxylic acids is 2. The molecule has 0 spiro atoms. The maximum atomic E-state index is 15.8. The van der Waals surface area contributed by atoms with Crippen molar-refractivity contribution in [3.8, 4) is 0 Å². The lowest BCUT2D eigenvalue weighted by atomic mass is 9.57. The average molecular weight is 665 g/mol. The number of carboxylic acids is 2. The number of rotatable bonds is 17. The molecule has 2 unspecified atom stereocenters. The third-order valence-electron chi connectivity index (χ3n) is 6.75. The molecule has 1 aromatic carbocycles. The first-order valence-corrected chi connectivity index (χ1v) is 13.8. The van der Waals surface area contributed by atoms with E-state index >= 15 is 8.78 Å². The number of aliphatic imine (C=N–C) groups is 1. The largest absolute Gasteiger partial charge is 0.478 e. The summed E-state index contributed by atoms with van der Waals surface area (Å²) in [5.74, 6) is -23.2. The third kappa shape index (κ3) is 7.76. The van der Waals surface area contributed by atoms with Gasteiger partial charge in [0.05, 0.1) is 62.4 Å². The van der Waals surface area contributed by atoms with Crippen molar-refractivity contribution in [1.82, 2.24) is 5.32 Å².